The Bertz CT molecular complexity index is 906. The van der Waals surface area contributed by atoms with Crippen molar-refractivity contribution in [2.24, 2.45) is 5.92 Å². The van der Waals surface area contributed by atoms with Crippen LogP contribution in [-0.4, -0.2) is 53.5 Å². The predicted molar refractivity (Wildman–Crippen MR) is 111 cm³/mol. The van der Waals surface area contributed by atoms with Crippen molar-refractivity contribution in [3.05, 3.63) is 41.2 Å². The number of fused-ring (bicyclic) bond motifs is 1. The number of imidazole rings is 1. The summed E-state index contributed by atoms with van der Waals surface area (Å²) in [6, 6.07) is 3.51. The Balaban J connectivity index is 0.000000735. The number of rotatable bonds is 4. The highest BCUT2D eigenvalue weighted by Crippen LogP contribution is 2.25. The lowest BCUT2D eigenvalue weighted by Crippen LogP contribution is -2.37. The van der Waals surface area contributed by atoms with Gasteiger partial charge in [0.15, 0.2) is 17.3 Å². The van der Waals surface area contributed by atoms with Crippen LogP contribution in [0.2, 0.25) is 0 Å². The molecule has 0 saturated heterocycles. The highest BCUT2D eigenvalue weighted by atomic mass is 19.2. The summed E-state index contributed by atoms with van der Waals surface area (Å²) in [7, 11) is 3.19. The van der Waals surface area contributed by atoms with Crippen LogP contribution in [0, 0.1) is 17.6 Å². The SMILES string of the molecule is CC(C)C.CN(C)C(=O)CNC(=O)c1nc(-c2ccc(F)c(F)c2)n2c1CNCC2. The molecule has 2 amide bonds. The lowest BCUT2D eigenvalue weighted by Gasteiger charge is -2.18. The van der Waals surface area contributed by atoms with Gasteiger partial charge in [0.1, 0.15) is 5.82 Å². The number of carbonyl (C=O) groups excluding carboxylic acids is 2. The fourth-order valence-electron chi connectivity index (χ4n) is 2.74. The summed E-state index contributed by atoms with van der Waals surface area (Å²) in [4.78, 5) is 29.9. The number of likely N-dealkylation sites (N-methyl/N-ethyl adjacent to an activating group) is 1. The summed E-state index contributed by atoms with van der Waals surface area (Å²) in [5.74, 6) is -1.42. The van der Waals surface area contributed by atoms with E-state index in [9.17, 15) is 18.4 Å². The second-order valence-corrected chi connectivity index (χ2v) is 7.89. The third-order valence-electron chi connectivity index (χ3n) is 4.17. The zero-order valence-corrected chi connectivity index (χ0v) is 18.1. The summed E-state index contributed by atoms with van der Waals surface area (Å²) in [5.41, 5.74) is 1.20. The molecule has 9 heteroatoms. The third-order valence-corrected chi connectivity index (χ3v) is 4.17. The van der Waals surface area contributed by atoms with E-state index in [2.05, 4.69) is 36.4 Å². The van der Waals surface area contributed by atoms with Gasteiger partial charge in [-0.2, -0.15) is 0 Å². The first-order valence-electron chi connectivity index (χ1n) is 9.85. The summed E-state index contributed by atoms with van der Waals surface area (Å²) >= 11 is 0. The topological polar surface area (TPSA) is 79.3 Å². The number of nitrogens with one attached hydrogen (secondary N) is 2. The normalized spacial score (nSPS) is 12.7. The maximum atomic E-state index is 13.6. The van der Waals surface area contributed by atoms with Gasteiger partial charge in [-0.15, -0.1) is 0 Å². The number of amides is 2. The molecule has 30 heavy (non-hydrogen) atoms. The van der Waals surface area contributed by atoms with Crippen molar-refractivity contribution in [3.63, 3.8) is 0 Å². The zero-order valence-electron chi connectivity index (χ0n) is 18.1. The summed E-state index contributed by atoms with van der Waals surface area (Å²) in [6.07, 6.45) is 0. The van der Waals surface area contributed by atoms with Gasteiger partial charge in [-0.1, -0.05) is 20.8 Å². The van der Waals surface area contributed by atoms with E-state index in [-0.39, 0.29) is 18.1 Å². The second kappa shape index (κ2) is 10.3. The van der Waals surface area contributed by atoms with Crippen LogP contribution in [0.25, 0.3) is 11.4 Å². The number of aromatic nitrogens is 2. The van der Waals surface area contributed by atoms with Crippen molar-refractivity contribution >= 4 is 11.8 Å². The largest absolute Gasteiger partial charge is 0.347 e. The van der Waals surface area contributed by atoms with Gasteiger partial charge in [0, 0.05) is 39.3 Å². The number of nitrogens with zero attached hydrogens (tertiary/aromatic N) is 3. The first-order chi connectivity index (χ1) is 14.1. The van der Waals surface area contributed by atoms with Crippen LogP contribution in [0.15, 0.2) is 18.2 Å². The quantitative estimate of drug-likeness (QED) is 0.795. The highest BCUT2D eigenvalue weighted by molar-refractivity contribution is 5.96. The Morgan fingerprint density at radius 1 is 1.23 bits per heavy atom. The van der Waals surface area contributed by atoms with Gasteiger partial charge in [-0.3, -0.25) is 9.59 Å². The zero-order chi connectivity index (χ0) is 22.4. The molecule has 3 rings (SSSR count). The van der Waals surface area contributed by atoms with Crippen LogP contribution in [-0.2, 0) is 17.9 Å². The van der Waals surface area contributed by atoms with Crippen LogP contribution >= 0.6 is 0 Å². The molecule has 0 aliphatic carbocycles. The van der Waals surface area contributed by atoms with Crippen LogP contribution in [0.3, 0.4) is 0 Å². The van der Waals surface area contributed by atoms with Crippen LogP contribution in [0.4, 0.5) is 8.78 Å². The molecule has 2 aromatic rings. The number of carbonyl (C=O) groups is 2. The van der Waals surface area contributed by atoms with Gasteiger partial charge >= 0.3 is 0 Å². The van der Waals surface area contributed by atoms with Crippen LogP contribution < -0.4 is 10.6 Å². The van der Waals surface area contributed by atoms with Gasteiger partial charge in [-0.05, 0) is 24.1 Å². The maximum Gasteiger partial charge on any atom is 0.272 e. The average molecular weight is 421 g/mol. The van der Waals surface area contributed by atoms with Crippen LogP contribution in [0.5, 0.6) is 0 Å². The van der Waals surface area contributed by atoms with Gasteiger partial charge in [0.25, 0.3) is 5.91 Å². The molecule has 1 aromatic heterocycles. The van der Waals surface area contributed by atoms with Crippen LogP contribution in [0.1, 0.15) is 37.0 Å². The molecular weight excluding hydrogens is 392 g/mol. The van der Waals surface area contributed by atoms with E-state index in [1.807, 2.05) is 4.57 Å². The first kappa shape index (κ1) is 23.5. The lowest BCUT2D eigenvalue weighted by atomic mass is 10.2. The van der Waals surface area contributed by atoms with Crippen molar-refractivity contribution in [1.82, 2.24) is 25.1 Å². The molecule has 164 valence electrons. The van der Waals surface area contributed by atoms with Crippen molar-refractivity contribution in [3.8, 4) is 11.4 Å². The lowest BCUT2D eigenvalue weighted by molar-refractivity contribution is -0.127. The Hall–Kier alpha value is -2.81. The van der Waals surface area contributed by atoms with Crippen molar-refractivity contribution < 1.29 is 18.4 Å². The van der Waals surface area contributed by atoms with Gasteiger partial charge in [-0.25, -0.2) is 13.8 Å². The van der Waals surface area contributed by atoms with Crippen molar-refractivity contribution in [2.45, 2.75) is 33.9 Å². The minimum absolute atomic E-state index is 0.147. The molecule has 0 atom stereocenters. The van der Waals surface area contributed by atoms with Crippen molar-refractivity contribution in [1.29, 1.82) is 0 Å². The summed E-state index contributed by atoms with van der Waals surface area (Å²) < 4.78 is 28.6. The predicted octanol–water partition coefficient (Wildman–Crippen LogP) is 2.41. The van der Waals surface area contributed by atoms with Gasteiger partial charge < -0.3 is 20.1 Å². The monoisotopic (exact) mass is 421 g/mol. The van der Waals surface area contributed by atoms with E-state index in [4.69, 9.17) is 0 Å². The van der Waals surface area contributed by atoms with E-state index in [1.165, 1.54) is 11.0 Å². The fraction of sp³-hybridized carbons (Fsp3) is 0.476. The Kier molecular flexibility index (Phi) is 8.05. The Morgan fingerprint density at radius 3 is 2.50 bits per heavy atom. The van der Waals surface area contributed by atoms with E-state index in [1.54, 1.807) is 14.1 Å². The Labute approximate surface area is 175 Å². The molecule has 0 unspecified atom stereocenters. The standard InChI is InChI=1S/C17H19F2N5O2.C4H10/c1-23(2)14(25)9-21-17(26)15-13-8-20-5-6-24(13)16(22-15)10-3-4-11(18)12(19)7-10;1-4(2)3/h3-4,7,20H,5-6,8-9H2,1-2H3,(H,21,26);4H,1-3H3. The molecule has 2 heterocycles. The highest BCUT2D eigenvalue weighted by Gasteiger charge is 2.25. The molecule has 0 radical (unpaired) electrons. The molecule has 0 fully saturated rings. The molecule has 7 nitrogen and oxygen atoms in total. The fourth-order valence-corrected chi connectivity index (χ4v) is 2.74. The number of hydrogen-bond donors (Lipinski definition) is 2. The summed E-state index contributed by atoms with van der Waals surface area (Å²) in [6.45, 7) is 7.98. The second-order valence-electron chi connectivity index (χ2n) is 7.89. The molecule has 2 N–H and O–H groups in total. The first-order valence-corrected chi connectivity index (χ1v) is 9.85. The molecule has 0 saturated carbocycles. The molecular formula is C21H29F2N5O2. The van der Waals surface area contributed by atoms with Gasteiger partial charge in [0.2, 0.25) is 5.91 Å². The number of halogens is 2. The van der Waals surface area contributed by atoms with Gasteiger partial charge in [0.05, 0.1) is 12.2 Å². The molecule has 1 aliphatic heterocycles. The number of benzene rings is 1. The molecule has 0 spiro atoms. The molecule has 0 bridgehead atoms. The minimum atomic E-state index is -0.976. The van der Waals surface area contributed by atoms with E-state index in [0.29, 0.717) is 36.7 Å². The molecule has 1 aromatic carbocycles. The third kappa shape index (κ3) is 5.85. The molecule has 1 aliphatic rings. The minimum Gasteiger partial charge on any atom is -0.347 e. The number of hydrogen-bond acceptors (Lipinski definition) is 4. The van der Waals surface area contributed by atoms with E-state index in [0.717, 1.165) is 18.1 Å². The van der Waals surface area contributed by atoms with Crippen molar-refractivity contribution in [2.75, 3.05) is 27.2 Å². The summed E-state index contributed by atoms with van der Waals surface area (Å²) in [5, 5.41) is 5.70. The maximum absolute atomic E-state index is 13.6. The van der Waals surface area contributed by atoms with E-state index >= 15 is 0 Å². The smallest absolute Gasteiger partial charge is 0.272 e. The average Bonchev–Trinajstić information content (AvgIpc) is 3.07. The Morgan fingerprint density at radius 2 is 1.90 bits per heavy atom. The van der Waals surface area contributed by atoms with E-state index < -0.39 is 17.5 Å².